The number of nitrogens with zero attached hydrogens (tertiary/aromatic N) is 2. The van der Waals surface area contributed by atoms with Crippen molar-refractivity contribution in [1.29, 1.82) is 0 Å². The van der Waals surface area contributed by atoms with Crippen LogP contribution in [0.3, 0.4) is 0 Å². The Morgan fingerprint density at radius 1 is 1.41 bits per heavy atom. The summed E-state index contributed by atoms with van der Waals surface area (Å²) in [5.74, 6) is -0.570. The lowest BCUT2D eigenvalue weighted by Crippen LogP contribution is -2.33. The number of hydrogen-bond acceptors (Lipinski definition) is 7. The Bertz CT molecular complexity index is 924. The van der Waals surface area contributed by atoms with Gasteiger partial charge in [0.15, 0.2) is 6.79 Å². The van der Waals surface area contributed by atoms with Crippen LogP contribution >= 0.6 is 11.6 Å². The van der Waals surface area contributed by atoms with Crippen LogP contribution in [0, 0.1) is 6.92 Å². The number of nitrogens with one attached hydrogen (secondary N) is 1. The van der Waals surface area contributed by atoms with E-state index in [0.29, 0.717) is 18.4 Å². The Hall–Kier alpha value is -2.49. The van der Waals surface area contributed by atoms with Crippen molar-refractivity contribution in [3.63, 3.8) is 0 Å². The first-order chi connectivity index (χ1) is 12.9. The number of carbonyl (C=O) groups is 1. The second-order valence-corrected chi connectivity index (χ2v) is 6.45. The maximum atomic E-state index is 11.9. The lowest BCUT2D eigenvalue weighted by Gasteiger charge is -2.16. The zero-order chi connectivity index (χ0) is 19.4. The van der Waals surface area contributed by atoms with E-state index in [1.54, 1.807) is 6.92 Å². The molecular weight excluding hydrogens is 378 g/mol. The maximum Gasteiger partial charge on any atom is 0.341 e. The van der Waals surface area contributed by atoms with Crippen molar-refractivity contribution in [1.82, 2.24) is 14.5 Å². The average Bonchev–Trinajstić information content (AvgIpc) is 3.11. The molecule has 0 bridgehead atoms. The monoisotopic (exact) mass is 395 g/mol. The number of pyridine rings is 1. The molecule has 1 fully saturated rings. The third kappa shape index (κ3) is 4.82. The van der Waals surface area contributed by atoms with Gasteiger partial charge in [-0.2, -0.15) is 0 Å². The van der Waals surface area contributed by atoms with Gasteiger partial charge in [0.2, 0.25) is 0 Å². The van der Waals surface area contributed by atoms with Gasteiger partial charge in [-0.25, -0.2) is 14.6 Å². The standard InChI is InChI=1S/C17H18ClN3O6/c1-10-7-21(17(24)20-15(10)22)14-5-3-12(27-14)8-25-9-26-16(23)11-2-4-13(18)19-6-11/h2,4,6-7,12,14H,3,5,8-9H2,1H3,(H,20,22,24)/t12-,14+/m0/s1. The first kappa shape index (κ1) is 19.3. The van der Waals surface area contributed by atoms with Gasteiger partial charge in [-0.3, -0.25) is 14.3 Å². The van der Waals surface area contributed by atoms with Crippen molar-refractivity contribution in [3.8, 4) is 0 Å². The number of carbonyl (C=O) groups excluding carboxylic acids is 1. The molecule has 1 N–H and O–H groups in total. The van der Waals surface area contributed by atoms with E-state index in [4.69, 9.17) is 25.8 Å². The van der Waals surface area contributed by atoms with Crippen molar-refractivity contribution in [2.45, 2.75) is 32.1 Å². The van der Waals surface area contributed by atoms with E-state index in [2.05, 4.69) is 9.97 Å². The molecule has 27 heavy (non-hydrogen) atoms. The Morgan fingerprint density at radius 3 is 2.96 bits per heavy atom. The zero-order valence-electron chi connectivity index (χ0n) is 14.5. The van der Waals surface area contributed by atoms with Crippen molar-refractivity contribution in [3.05, 3.63) is 61.6 Å². The number of esters is 1. The molecule has 0 amide bonds. The molecule has 144 valence electrons. The number of H-pyrrole nitrogens is 1. The highest BCUT2D eigenvalue weighted by molar-refractivity contribution is 6.29. The normalized spacial score (nSPS) is 19.2. The zero-order valence-corrected chi connectivity index (χ0v) is 15.3. The van der Waals surface area contributed by atoms with E-state index in [-0.39, 0.29) is 30.2 Å². The van der Waals surface area contributed by atoms with Gasteiger partial charge in [0.1, 0.15) is 11.4 Å². The largest absolute Gasteiger partial charge is 0.435 e. The van der Waals surface area contributed by atoms with Gasteiger partial charge in [-0.1, -0.05) is 11.6 Å². The molecule has 0 radical (unpaired) electrons. The summed E-state index contributed by atoms with van der Waals surface area (Å²) in [6.07, 6.45) is 3.37. The summed E-state index contributed by atoms with van der Waals surface area (Å²) in [7, 11) is 0. The minimum absolute atomic E-state index is 0.208. The number of aromatic amines is 1. The summed E-state index contributed by atoms with van der Waals surface area (Å²) >= 11 is 5.66. The molecule has 3 heterocycles. The van der Waals surface area contributed by atoms with E-state index in [0.717, 1.165) is 0 Å². The number of hydrogen-bond donors (Lipinski definition) is 1. The first-order valence-electron chi connectivity index (χ1n) is 8.28. The van der Waals surface area contributed by atoms with Gasteiger partial charge in [-0.15, -0.1) is 0 Å². The highest BCUT2D eigenvalue weighted by atomic mass is 35.5. The molecule has 0 unspecified atom stereocenters. The molecule has 0 saturated carbocycles. The van der Waals surface area contributed by atoms with Gasteiger partial charge in [0, 0.05) is 18.0 Å². The van der Waals surface area contributed by atoms with Crippen LogP contribution in [-0.4, -0.2) is 40.0 Å². The fourth-order valence-corrected chi connectivity index (χ4v) is 2.78. The highest BCUT2D eigenvalue weighted by Crippen LogP contribution is 2.27. The first-order valence-corrected chi connectivity index (χ1v) is 8.66. The van der Waals surface area contributed by atoms with Crippen molar-refractivity contribution >= 4 is 17.6 Å². The summed E-state index contributed by atoms with van der Waals surface area (Å²) in [5, 5.41) is 0.285. The van der Waals surface area contributed by atoms with Crippen LogP contribution in [0.1, 0.15) is 35.0 Å². The molecule has 3 rings (SSSR count). The molecule has 1 aliphatic rings. The molecule has 10 heteroatoms. The summed E-state index contributed by atoms with van der Waals surface area (Å²) in [6, 6.07) is 3.00. The quantitative estimate of drug-likeness (QED) is 0.340. The molecule has 1 aliphatic heterocycles. The number of ether oxygens (including phenoxy) is 3. The van der Waals surface area contributed by atoms with Crippen molar-refractivity contribution in [2.24, 2.45) is 0 Å². The van der Waals surface area contributed by atoms with Crippen LogP contribution in [0.15, 0.2) is 34.1 Å². The Labute approximate surface area is 158 Å². The Balaban J connectivity index is 1.45. The smallest absolute Gasteiger partial charge is 0.341 e. The van der Waals surface area contributed by atoms with Gasteiger partial charge < -0.3 is 14.2 Å². The third-order valence-corrected chi connectivity index (χ3v) is 4.31. The minimum atomic E-state index is -0.570. The topological polar surface area (TPSA) is 113 Å². The summed E-state index contributed by atoms with van der Waals surface area (Å²) in [6.45, 7) is 1.60. The molecule has 0 aliphatic carbocycles. The fourth-order valence-electron chi connectivity index (χ4n) is 2.67. The van der Waals surface area contributed by atoms with Crippen molar-refractivity contribution in [2.75, 3.05) is 13.4 Å². The maximum absolute atomic E-state index is 11.9. The number of aromatic nitrogens is 3. The van der Waals surface area contributed by atoms with Crippen LogP contribution in [0.5, 0.6) is 0 Å². The molecule has 1 saturated heterocycles. The minimum Gasteiger partial charge on any atom is -0.435 e. The van der Waals surface area contributed by atoms with Crippen LogP contribution < -0.4 is 11.2 Å². The molecular formula is C17H18ClN3O6. The second-order valence-electron chi connectivity index (χ2n) is 6.06. The summed E-state index contributed by atoms with van der Waals surface area (Å²) in [5.41, 5.74) is -0.219. The molecule has 2 atom stereocenters. The second kappa shape index (κ2) is 8.47. The highest BCUT2D eigenvalue weighted by Gasteiger charge is 2.27. The van der Waals surface area contributed by atoms with Gasteiger partial charge in [0.05, 0.1) is 18.3 Å². The lowest BCUT2D eigenvalue weighted by atomic mass is 10.2. The number of halogens is 1. The fraction of sp³-hybridized carbons (Fsp3) is 0.412. The summed E-state index contributed by atoms with van der Waals surface area (Å²) < 4.78 is 17.5. The van der Waals surface area contributed by atoms with Crippen LogP contribution in [0.25, 0.3) is 0 Å². The van der Waals surface area contributed by atoms with Crippen molar-refractivity contribution < 1.29 is 19.0 Å². The predicted octanol–water partition coefficient (Wildman–Crippen LogP) is 1.40. The molecule has 0 aromatic carbocycles. The Kier molecular flexibility index (Phi) is 6.04. The predicted molar refractivity (Wildman–Crippen MR) is 94.7 cm³/mol. The SMILES string of the molecule is Cc1cn([C@H]2CC[C@@H](COCOC(=O)c3ccc(Cl)nc3)O2)c(=O)[nH]c1=O. The lowest BCUT2D eigenvalue weighted by molar-refractivity contribution is -0.0829. The van der Waals surface area contributed by atoms with Crippen LogP contribution in [0.4, 0.5) is 0 Å². The van der Waals surface area contributed by atoms with E-state index < -0.39 is 23.4 Å². The molecule has 0 spiro atoms. The third-order valence-electron chi connectivity index (χ3n) is 4.08. The van der Waals surface area contributed by atoms with Gasteiger partial charge >= 0.3 is 11.7 Å². The van der Waals surface area contributed by atoms with Gasteiger partial charge in [-0.05, 0) is 31.9 Å². The molecule has 2 aromatic rings. The number of rotatable bonds is 6. The van der Waals surface area contributed by atoms with Gasteiger partial charge in [0.25, 0.3) is 5.56 Å². The number of aryl methyl sites for hydroxylation is 1. The average molecular weight is 396 g/mol. The van der Waals surface area contributed by atoms with E-state index in [9.17, 15) is 14.4 Å². The van der Waals surface area contributed by atoms with Crippen LogP contribution in [0.2, 0.25) is 5.15 Å². The van der Waals surface area contributed by atoms with E-state index in [1.165, 1.54) is 29.1 Å². The van der Waals surface area contributed by atoms with E-state index in [1.807, 2.05) is 0 Å². The molecule has 9 nitrogen and oxygen atoms in total. The molecule has 2 aromatic heterocycles. The van der Waals surface area contributed by atoms with Crippen LogP contribution in [-0.2, 0) is 14.2 Å². The van der Waals surface area contributed by atoms with E-state index >= 15 is 0 Å². The summed E-state index contributed by atoms with van der Waals surface area (Å²) in [4.78, 5) is 41.2. The Morgan fingerprint density at radius 2 is 2.22 bits per heavy atom.